The summed E-state index contributed by atoms with van der Waals surface area (Å²) >= 11 is 0. The number of aromatic amines is 1. The van der Waals surface area contributed by atoms with E-state index in [4.69, 9.17) is 9.47 Å². The summed E-state index contributed by atoms with van der Waals surface area (Å²) < 4.78 is 15.3. The van der Waals surface area contributed by atoms with Gasteiger partial charge in [0.1, 0.15) is 24.6 Å². The lowest BCUT2D eigenvalue weighted by atomic mass is 9.33. The van der Waals surface area contributed by atoms with E-state index in [9.17, 15) is 24.6 Å². The molecular weight excluding hydrogens is 699 g/mol. The van der Waals surface area contributed by atoms with Crippen molar-refractivity contribution in [2.24, 2.45) is 50.2 Å². The Kier molecular flexibility index (Phi) is 9.14. The van der Waals surface area contributed by atoms with Crippen LogP contribution in [0.3, 0.4) is 0 Å². The first-order valence-electron chi connectivity index (χ1n) is 20.8. The van der Waals surface area contributed by atoms with Crippen LogP contribution >= 0.6 is 0 Å². The van der Waals surface area contributed by atoms with E-state index >= 15 is 0 Å². The quantitative estimate of drug-likeness (QED) is 0.231. The van der Waals surface area contributed by atoms with Crippen molar-refractivity contribution in [2.75, 3.05) is 6.61 Å². The minimum atomic E-state index is -0.703. The van der Waals surface area contributed by atoms with E-state index in [-0.39, 0.29) is 58.3 Å². The molecule has 2 aromatic heterocycles. The molecule has 0 aromatic carbocycles. The van der Waals surface area contributed by atoms with Gasteiger partial charge >= 0.3 is 11.7 Å². The van der Waals surface area contributed by atoms with Gasteiger partial charge in [0.25, 0.3) is 5.56 Å². The van der Waals surface area contributed by atoms with Crippen LogP contribution in [0, 0.1) is 57.2 Å². The monoisotopic (exact) mass is 761 g/mol. The molecule has 55 heavy (non-hydrogen) atoms. The van der Waals surface area contributed by atoms with Crippen LogP contribution in [0.1, 0.15) is 143 Å². The first kappa shape index (κ1) is 38.8. The molecule has 3 N–H and O–H groups in total. The van der Waals surface area contributed by atoms with Gasteiger partial charge in [-0.3, -0.25) is 19.1 Å². The molecule has 12 nitrogen and oxygen atoms in total. The molecule has 1 saturated heterocycles. The molecule has 0 spiro atoms. The van der Waals surface area contributed by atoms with Crippen molar-refractivity contribution >= 4 is 5.97 Å². The molecule has 11 atom stereocenters. The third-order valence-corrected chi connectivity index (χ3v) is 17.1. The number of aliphatic hydroxyl groups excluding tert-OH is 2. The minimum Gasteiger partial charge on any atom is -0.459 e. The van der Waals surface area contributed by atoms with Crippen molar-refractivity contribution in [1.82, 2.24) is 24.5 Å². The van der Waals surface area contributed by atoms with Crippen molar-refractivity contribution < 1.29 is 24.5 Å². The number of carbonyl (C=O) groups excluding carboxylic acids is 1. The van der Waals surface area contributed by atoms with Gasteiger partial charge in [0.2, 0.25) is 0 Å². The van der Waals surface area contributed by atoms with Gasteiger partial charge in [0.15, 0.2) is 0 Å². The Morgan fingerprint density at radius 3 is 2.49 bits per heavy atom. The van der Waals surface area contributed by atoms with Gasteiger partial charge in [-0.25, -0.2) is 9.48 Å². The zero-order chi connectivity index (χ0) is 39.5. The maximum atomic E-state index is 14.6. The number of nitrogens with zero attached hydrogens (tertiary/aromatic N) is 4. The topological polar surface area (TPSA) is 162 Å². The van der Waals surface area contributed by atoms with E-state index in [1.807, 2.05) is 0 Å². The Morgan fingerprint density at radius 2 is 1.75 bits per heavy atom. The van der Waals surface area contributed by atoms with Gasteiger partial charge in [-0.1, -0.05) is 65.3 Å². The summed E-state index contributed by atoms with van der Waals surface area (Å²) in [5.41, 5.74) is 1.04. The van der Waals surface area contributed by atoms with E-state index in [0.717, 1.165) is 64.2 Å². The highest BCUT2D eigenvalue weighted by atomic mass is 16.5. The largest absolute Gasteiger partial charge is 0.459 e. The number of allylic oxidation sites excluding steroid dienone is 2. The normalized spacial score (nSPS) is 41.6. The minimum absolute atomic E-state index is 0.00640. The third kappa shape index (κ3) is 5.72. The fourth-order valence-corrected chi connectivity index (χ4v) is 13.6. The zero-order valence-electron chi connectivity index (χ0n) is 34.2. The average Bonchev–Trinajstić information content (AvgIpc) is 3.78. The molecule has 0 radical (unpaired) electrons. The summed E-state index contributed by atoms with van der Waals surface area (Å²) in [7, 11) is 0. The van der Waals surface area contributed by atoms with Crippen LogP contribution in [0.4, 0.5) is 0 Å². The van der Waals surface area contributed by atoms with E-state index in [1.54, 1.807) is 17.8 Å². The number of H-pyrrole nitrogens is 1. The lowest BCUT2D eigenvalue weighted by Crippen LogP contribution is -2.65. The second-order valence-electron chi connectivity index (χ2n) is 20.6. The fourth-order valence-electron chi connectivity index (χ4n) is 13.6. The highest BCUT2D eigenvalue weighted by molar-refractivity contribution is 5.78. The van der Waals surface area contributed by atoms with Gasteiger partial charge in [-0.2, -0.15) is 0 Å². The van der Waals surface area contributed by atoms with Gasteiger partial charge < -0.3 is 19.7 Å². The summed E-state index contributed by atoms with van der Waals surface area (Å²) in [6.07, 6.45) is 14.3. The number of aromatic nitrogens is 5. The molecule has 3 heterocycles. The molecule has 4 saturated carbocycles. The third-order valence-electron chi connectivity index (χ3n) is 17.1. The first-order chi connectivity index (χ1) is 25.8. The van der Waals surface area contributed by atoms with Crippen LogP contribution in [0.5, 0.6) is 0 Å². The second kappa shape index (κ2) is 13.0. The van der Waals surface area contributed by atoms with Crippen LogP contribution in [0.15, 0.2) is 33.6 Å². The maximum absolute atomic E-state index is 14.6. The number of aryl methyl sites for hydroxylation is 1. The number of esters is 1. The zero-order valence-corrected chi connectivity index (χ0v) is 34.2. The van der Waals surface area contributed by atoms with Gasteiger partial charge in [0.05, 0.1) is 30.4 Å². The number of hydrogen-bond acceptors (Lipinski definition) is 9. The molecule has 2 aromatic rings. The van der Waals surface area contributed by atoms with E-state index < -0.39 is 35.0 Å². The average molecular weight is 762 g/mol. The van der Waals surface area contributed by atoms with Gasteiger partial charge in [0, 0.05) is 18.2 Å². The molecule has 0 amide bonds. The van der Waals surface area contributed by atoms with Crippen LogP contribution in [0.2, 0.25) is 0 Å². The number of aliphatic hydroxyl groups is 2. The molecule has 1 aliphatic heterocycles. The van der Waals surface area contributed by atoms with Crippen molar-refractivity contribution in [3.63, 3.8) is 0 Å². The highest BCUT2D eigenvalue weighted by Crippen LogP contribution is 2.75. The standard InChI is InChI=1S/C43H63N5O7/c1-25-21-47(37(53)44-35(25)51)34-19-29(30(23-49)55-34)48-22-26(45-46-48)24-54-36(52)43-17-15-38(2,3)20-28(43)27-9-10-32-40(6)13-12-33(50)39(4,5)31(40)11-14-42(32,8)41(27,7)16-18-43/h9,21-22,28-34,49-50H,10-20,23-24H2,1-8H3,(H,44,51,53)/t28-,29-,30+,31-,32+,33-,34+,40-,41+,42+,43-/m0/s1. The molecular formula is C43H63N5O7. The predicted molar refractivity (Wildman–Crippen MR) is 206 cm³/mol. The maximum Gasteiger partial charge on any atom is 0.330 e. The Bertz CT molecular complexity index is 2000. The summed E-state index contributed by atoms with van der Waals surface area (Å²) in [6, 6.07) is -0.420. The Labute approximate surface area is 324 Å². The number of rotatable bonds is 6. The van der Waals surface area contributed by atoms with Gasteiger partial charge in [-0.15, -0.1) is 5.10 Å². The molecule has 6 aliphatic rings. The number of hydrogen-bond donors (Lipinski definition) is 3. The SMILES string of the molecule is Cc1cn([C@H]2C[C@H](n3cc(COC(=O)[C@]45CCC(C)(C)C[C@H]4C4=CC[C@@H]6[C@@]7(C)CC[C@H](O)C(C)(C)[C@@H]7CC[C@@]6(C)[C@]4(C)CC5)nn3)[C@@H](CO)O2)c(=O)[nH]c1=O. The van der Waals surface area contributed by atoms with Crippen molar-refractivity contribution in [3.05, 3.63) is 56.1 Å². The first-order valence-corrected chi connectivity index (χ1v) is 20.8. The van der Waals surface area contributed by atoms with Crippen LogP contribution in [0.25, 0.3) is 0 Å². The van der Waals surface area contributed by atoms with Crippen molar-refractivity contribution in [2.45, 2.75) is 157 Å². The van der Waals surface area contributed by atoms with Crippen LogP contribution in [-0.2, 0) is 20.9 Å². The predicted octanol–water partition coefficient (Wildman–Crippen LogP) is 6.16. The number of ether oxygens (including phenoxy) is 2. The summed E-state index contributed by atoms with van der Waals surface area (Å²) in [5.74, 6) is 1.00. The lowest BCUT2D eigenvalue weighted by Gasteiger charge is -2.71. The van der Waals surface area contributed by atoms with Crippen LogP contribution in [-0.4, -0.2) is 59.5 Å². The molecule has 5 aliphatic carbocycles. The highest BCUT2D eigenvalue weighted by Gasteiger charge is 2.69. The Hall–Kier alpha value is -3.09. The van der Waals surface area contributed by atoms with E-state index in [1.165, 1.54) is 16.3 Å². The lowest BCUT2D eigenvalue weighted by molar-refractivity contribution is -0.206. The van der Waals surface area contributed by atoms with Crippen LogP contribution < -0.4 is 11.2 Å². The number of nitrogens with one attached hydrogen (secondary N) is 1. The summed E-state index contributed by atoms with van der Waals surface area (Å²) in [6.45, 7) is 18.3. The molecule has 5 fully saturated rings. The molecule has 8 rings (SSSR count). The van der Waals surface area contributed by atoms with Crippen molar-refractivity contribution in [3.8, 4) is 0 Å². The van der Waals surface area contributed by atoms with E-state index in [2.05, 4.69) is 69.8 Å². The smallest absolute Gasteiger partial charge is 0.330 e. The summed E-state index contributed by atoms with van der Waals surface area (Å²) in [4.78, 5) is 41.5. The molecule has 12 heteroatoms. The molecule has 0 unspecified atom stereocenters. The number of carbonyl (C=O) groups is 1. The van der Waals surface area contributed by atoms with Gasteiger partial charge in [-0.05, 0) is 116 Å². The summed E-state index contributed by atoms with van der Waals surface area (Å²) in [5, 5.41) is 30.0. The fraction of sp³-hybridized carbons (Fsp3) is 0.791. The second-order valence-corrected chi connectivity index (χ2v) is 20.6. The number of fused-ring (bicyclic) bond motifs is 7. The molecule has 0 bridgehead atoms. The van der Waals surface area contributed by atoms with Crippen molar-refractivity contribution in [1.29, 1.82) is 0 Å². The van der Waals surface area contributed by atoms with E-state index in [0.29, 0.717) is 29.5 Å². The Morgan fingerprint density at radius 1 is 1.00 bits per heavy atom. The Balaban J connectivity index is 1.02. The molecule has 302 valence electrons.